The second kappa shape index (κ2) is 13.3. The van der Waals surface area contributed by atoms with Gasteiger partial charge >= 0.3 is 0 Å². The number of hydrogen-bond donors (Lipinski definition) is 0. The second-order valence-corrected chi connectivity index (χ2v) is 9.60. The lowest BCUT2D eigenvalue weighted by molar-refractivity contribution is -0.127. The Morgan fingerprint density at radius 3 is 1.68 bits per heavy atom. The standard InChI is InChI=1S/C31H33ClN2O7/c1-37-25-11-8-21(16-26(25)38-2)24(20-6-9-23(32)10-7-20)19-29(35)33-12-14-34(15-13-33)31(36)22-17-27(39-3)30(41-5)28(18-22)40-4/h6-11,16-19H,12-15H2,1-5H3/b24-19+. The SMILES string of the molecule is COc1ccc(/C(=C/C(=O)N2CCN(C(=O)c3cc(OC)c(OC)c(OC)c3)CC2)c2ccc(Cl)cc2)cc1OC. The molecule has 1 fully saturated rings. The van der Waals surface area contributed by atoms with Gasteiger partial charge in [0.25, 0.3) is 5.91 Å². The average molecular weight is 581 g/mol. The smallest absolute Gasteiger partial charge is 0.254 e. The van der Waals surface area contributed by atoms with Gasteiger partial charge in [0.1, 0.15) is 0 Å². The van der Waals surface area contributed by atoms with Crippen LogP contribution in [0.4, 0.5) is 0 Å². The van der Waals surface area contributed by atoms with Gasteiger partial charge in [0.2, 0.25) is 11.7 Å². The van der Waals surface area contributed by atoms with E-state index in [4.69, 9.17) is 35.3 Å². The Labute approximate surface area is 244 Å². The van der Waals surface area contributed by atoms with Crippen molar-refractivity contribution in [3.05, 3.63) is 82.4 Å². The number of amides is 2. The molecular formula is C31H33ClN2O7. The number of halogens is 1. The molecule has 4 rings (SSSR count). The number of nitrogens with zero attached hydrogens (tertiary/aromatic N) is 2. The van der Waals surface area contributed by atoms with Gasteiger partial charge in [0.15, 0.2) is 23.0 Å². The lowest BCUT2D eigenvalue weighted by Crippen LogP contribution is -2.50. The number of carbonyl (C=O) groups excluding carboxylic acids is 2. The lowest BCUT2D eigenvalue weighted by atomic mass is 9.96. The van der Waals surface area contributed by atoms with E-state index in [1.54, 1.807) is 60.4 Å². The van der Waals surface area contributed by atoms with Crippen LogP contribution in [0.1, 0.15) is 21.5 Å². The zero-order valence-corrected chi connectivity index (χ0v) is 24.5. The topological polar surface area (TPSA) is 86.8 Å². The minimum Gasteiger partial charge on any atom is -0.493 e. The number of hydrogen-bond acceptors (Lipinski definition) is 7. The van der Waals surface area contributed by atoms with Crippen molar-refractivity contribution in [3.8, 4) is 28.7 Å². The minimum atomic E-state index is -0.181. The third-order valence-electron chi connectivity index (χ3n) is 6.91. The fraction of sp³-hybridized carbons (Fsp3) is 0.290. The molecule has 10 heteroatoms. The molecule has 1 saturated heterocycles. The molecule has 0 spiro atoms. The number of piperazine rings is 1. The molecule has 2 amide bonds. The van der Waals surface area contributed by atoms with Gasteiger partial charge in [-0.25, -0.2) is 0 Å². The molecule has 0 aromatic heterocycles. The Kier molecular flexibility index (Phi) is 9.62. The summed E-state index contributed by atoms with van der Waals surface area (Å²) in [6.45, 7) is 1.51. The predicted molar refractivity (Wildman–Crippen MR) is 157 cm³/mol. The minimum absolute atomic E-state index is 0.162. The van der Waals surface area contributed by atoms with Crippen LogP contribution >= 0.6 is 11.6 Å². The number of benzene rings is 3. The summed E-state index contributed by atoms with van der Waals surface area (Å²) in [6.07, 6.45) is 1.61. The molecule has 0 unspecified atom stereocenters. The van der Waals surface area contributed by atoms with Crippen LogP contribution in [0.15, 0.2) is 60.7 Å². The van der Waals surface area contributed by atoms with Gasteiger partial charge in [-0.2, -0.15) is 0 Å². The molecular weight excluding hydrogens is 548 g/mol. The first-order valence-electron chi connectivity index (χ1n) is 12.9. The molecule has 0 N–H and O–H groups in total. The van der Waals surface area contributed by atoms with Crippen molar-refractivity contribution in [1.29, 1.82) is 0 Å². The van der Waals surface area contributed by atoms with Crippen LogP contribution in [0.3, 0.4) is 0 Å². The Morgan fingerprint density at radius 1 is 0.634 bits per heavy atom. The zero-order valence-electron chi connectivity index (χ0n) is 23.7. The third kappa shape index (κ3) is 6.52. The van der Waals surface area contributed by atoms with E-state index in [0.29, 0.717) is 71.1 Å². The van der Waals surface area contributed by atoms with Crippen LogP contribution in [0.25, 0.3) is 5.57 Å². The van der Waals surface area contributed by atoms with Gasteiger partial charge in [-0.05, 0) is 53.1 Å². The maximum absolute atomic E-state index is 13.5. The van der Waals surface area contributed by atoms with Crippen LogP contribution in [0, 0.1) is 0 Å². The van der Waals surface area contributed by atoms with Crippen LogP contribution < -0.4 is 23.7 Å². The highest BCUT2D eigenvalue weighted by Gasteiger charge is 2.26. The normalized spacial score (nSPS) is 13.5. The van der Waals surface area contributed by atoms with Crippen LogP contribution in [0.5, 0.6) is 28.7 Å². The van der Waals surface area contributed by atoms with Gasteiger partial charge in [-0.1, -0.05) is 29.8 Å². The number of carbonyl (C=O) groups is 2. The largest absolute Gasteiger partial charge is 0.493 e. The van der Waals surface area contributed by atoms with E-state index < -0.39 is 0 Å². The second-order valence-electron chi connectivity index (χ2n) is 9.17. The Morgan fingerprint density at radius 2 is 1.15 bits per heavy atom. The summed E-state index contributed by atoms with van der Waals surface area (Å²) in [5.41, 5.74) is 2.74. The maximum atomic E-state index is 13.5. The average Bonchev–Trinajstić information content (AvgIpc) is 3.02. The van der Waals surface area contributed by atoms with E-state index in [1.165, 1.54) is 21.3 Å². The highest BCUT2D eigenvalue weighted by Crippen LogP contribution is 2.38. The van der Waals surface area contributed by atoms with Gasteiger partial charge in [-0.3, -0.25) is 9.59 Å². The van der Waals surface area contributed by atoms with E-state index in [9.17, 15) is 9.59 Å². The maximum Gasteiger partial charge on any atom is 0.254 e. The molecule has 0 radical (unpaired) electrons. The van der Waals surface area contributed by atoms with Crippen LogP contribution in [-0.4, -0.2) is 83.3 Å². The number of rotatable bonds is 9. The number of methoxy groups -OCH3 is 5. The van der Waals surface area contributed by atoms with Gasteiger partial charge in [0, 0.05) is 42.8 Å². The summed E-state index contributed by atoms with van der Waals surface area (Å²) < 4.78 is 27.0. The molecule has 216 valence electrons. The first kappa shape index (κ1) is 29.6. The van der Waals surface area contributed by atoms with Gasteiger partial charge in [-0.15, -0.1) is 0 Å². The van der Waals surface area contributed by atoms with Crippen molar-refractivity contribution in [1.82, 2.24) is 9.80 Å². The van der Waals surface area contributed by atoms with Crippen molar-refractivity contribution in [2.45, 2.75) is 0 Å². The van der Waals surface area contributed by atoms with Crippen LogP contribution in [-0.2, 0) is 4.79 Å². The predicted octanol–water partition coefficient (Wildman–Crippen LogP) is 4.80. The number of ether oxygens (including phenoxy) is 5. The van der Waals surface area contributed by atoms with E-state index in [0.717, 1.165) is 11.1 Å². The third-order valence-corrected chi connectivity index (χ3v) is 7.16. The molecule has 0 atom stereocenters. The summed E-state index contributed by atoms with van der Waals surface area (Å²) in [4.78, 5) is 30.3. The summed E-state index contributed by atoms with van der Waals surface area (Å²) >= 11 is 6.13. The lowest BCUT2D eigenvalue weighted by Gasteiger charge is -2.34. The van der Waals surface area contributed by atoms with Crippen LogP contribution in [0.2, 0.25) is 5.02 Å². The Hall–Kier alpha value is -4.37. The molecule has 9 nitrogen and oxygen atoms in total. The molecule has 3 aromatic carbocycles. The van der Waals surface area contributed by atoms with E-state index >= 15 is 0 Å². The van der Waals surface area contributed by atoms with E-state index in [1.807, 2.05) is 24.3 Å². The first-order valence-corrected chi connectivity index (χ1v) is 13.3. The zero-order chi connectivity index (χ0) is 29.5. The van der Waals surface area contributed by atoms with Crippen molar-refractivity contribution in [3.63, 3.8) is 0 Å². The van der Waals surface area contributed by atoms with Crippen molar-refractivity contribution in [2.75, 3.05) is 61.7 Å². The summed E-state index contributed by atoms with van der Waals surface area (Å²) in [5, 5.41) is 0.597. The summed E-state index contributed by atoms with van der Waals surface area (Å²) in [5.74, 6) is 2.02. The van der Waals surface area contributed by atoms with Crippen molar-refractivity contribution < 1.29 is 33.3 Å². The van der Waals surface area contributed by atoms with E-state index in [-0.39, 0.29) is 11.8 Å². The highest BCUT2D eigenvalue weighted by molar-refractivity contribution is 6.30. The molecule has 0 bridgehead atoms. The molecule has 0 saturated carbocycles. The van der Waals surface area contributed by atoms with Crippen molar-refractivity contribution in [2.24, 2.45) is 0 Å². The monoisotopic (exact) mass is 580 g/mol. The Bertz CT molecular complexity index is 1410. The fourth-order valence-electron chi connectivity index (χ4n) is 4.70. The van der Waals surface area contributed by atoms with Crippen molar-refractivity contribution >= 4 is 29.0 Å². The Balaban J connectivity index is 1.55. The van der Waals surface area contributed by atoms with Gasteiger partial charge < -0.3 is 33.5 Å². The summed E-state index contributed by atoms with van der Waals surface area (Å²) in [7, 11) is 7.66. The molecule has 1 aliphatic rings. The fourth-order valence-corrected chi connectivity index (χ4v) is 4.82. The first-order chi connectivity index (χ1) is 19.8. The molecule has 1 heterocycles. The highest BCUT2D eigenvalue weighted by atomic mass is 35.5. The summed E-state index contributed by atoms with van der Waals surface area (Å²) in [6, 6.07) is 16.1. The van der Waals surface area contributed by atoms with Gasteiger partial charge in [0.05, 0.1) is 35.5 Å². The van der Waals surface area contributed by atoms with E-state index in [2.05, 4.69) is 0 Å². The quantitative estimate of drug-likeness (QED) is 0.336. The molecule has 1 aliphatic heterocycles. The molecule has 0 aliphatic carbocycles. The molecule has 3 aromatic rings. The molecule has 41 heavy (non-hydrogen) atoms.